The number of rotatable bonds is 4. The Labute approximate surface area is 102 Å². The maximum absolute atomic E-state index is 10.7. The number of nitrogens with zero attached hydrogens (tertiary/aromatic N) is 1. The van der Waals surface area contributed by atoms with Crippen molar-refractivity contribution in [2.75, 3.05) is 11.9 Å². The Morgan fingerprint density at radius 3 is 2.75 bits per heavy atom. The second-order valence-corrected chi connectivity index (χ2v) is 4.46. The number of nitro benzene ring substituents is 1. The van der Waals surface area contributed by atoms with Crippen molar-refractivity contribution < 1.29 is 10.0 Å². The summed E-state index contributed by atoms with van der Waals surface area (Å²) >= 11 is 3.26. The van der Waals surface area contributed by atoms with E-state index >= 15 is 0 Å². The number of aliphatic hydroxyl groups is 1. The molecule has 1 unspecified atom stereocenters. The summed E-state index contributed by atoms with van der Waals surface area (Å²) in [5, 5.41) is 22.6. The molecule has 0 aliphatic rings. The highest BCUT2D eigenvalue weighted by Gasteiger charge is 2.14. The summed E-state index contributed by atoms with van der Waals surface area (Å²) < 4.78 is 0.616. The summed E-state index contributed by atoms with van der Waals surface area (Å²) in [5.41, 5.74) is 1.40. The van der Waals surface area contributed by atoms with Crippen LogP contribution in [0.3, 0.4) is 0 Å². The van der Waals surface area contributed by atoms with Gasteiger partial charge in [0.15, 0.2) is 0 Å². The van der Waals surface area contributed by atoms with Crippen molar-refractivity contribution in [1.29, 1.82) is 0 Å². The number of aryl methyl sites for hydroxylation is 1. The SMILES string of the molecule is Cc1cc(NC(C)CO)c(Br)cc1[N+](=O)[O-]. The van der Waals surface area contributed by atoms with Gasteiger partial charge < -0.3 is 10.4 Å². The summed E-state index contributed by atoms with van der Waals surface area (Å²) in [5.74, 6) is 0. The van der Waals surface area contributed by atoms with Gasteiger partial charge in [0.25, 0.3) is 5.69 Å². The maximum Gasteiger partial charge on any atom is 0.273 e. The van der Waals surface area contributed by atoms with Gasteiger partial charge in [0.2, 0.25) is 0 Å². The Hall–Kier alpha value is -1.14. The van der Waals surface area contributed by atoms with Crippen LogP contribution in [-0.2, 0) is 0 Å². The quantitative estimate of drug-likeness (QED) is 0.659. The molecule has 0 saturated carbocycles. The van der Waals surface area contributed by atoms with E-state index in [1.165, 1.54) is 6.07 Å². The van der Waals surface area contributed by atoms with Gasteiger partial charge >= 0.3 is 0 Å². The highest BCUT2D eigenvalue weighted by atomic mass is 79.9. The largest absolute Gasteiger partial charge is 0.394 e. The zero-order valence-corrected chi connectivity index (χ0v) is 10.6. The standard InChI is InChI=1S/C10H13BrN2O3/c1-6-3-9(12-7(2)5-14)8(11)4-10(6)13(15)16/h3-4,7,12,14H,5H2,1-2H3. The lowest BCUT2D eigenvalue weighted by Crippen LogP contribution is -2.19. The van der Waals surface area contributed by atoms with E-state index in [2.05, 4.69) is 21.2 Å². The lowest BCUT2D eigenvalue weighted by molar-refractivity contribution is -0.385. The van der Waals surface area contributed by atoms with E-state index in [9.17, 15) is 10.1 Å². The average molecular weight is 289 g/mol. The van der Waals surface area contributed by atoms with Gasteiger partial charge in [-0.15, -0.1) is 0 Å². The minimum absolute atomic E-state index is 0.00246. The van der Waals surface area contributed by atoms with Crippen molar-refractivity contribution in [1.82, 2.24) is 0 Å². The number of hydrogen-bond donors (Lipinski definition) is 2. The van der Waals surface area contributed by atoms with Gasteiger partial charge in [-0.1, -0.05) is 0 Å². The van der Waals surface area contributed by atoms with Crippen LogP contribution in [-0.4, -0.2) is 22.7 Å². The number of benzene rings is 1. The Kier molecular flexibility index (Phi) is 4.26. The molecule has 0 heterocycles. The van der Waals surface area contributed by atoms with E-state index in [4.69, 9.17) is 5.11 Å². The van der Waals surface area contributed by atoms with Gasteiger partial charge in [-0.05, 0) is 35.8 Å². The number of halogens is 1. The van der Waals surface area contributed by atoms with E-state index in [1.54, 1.807) is 13.0 Å². The Morgan fingerprint density at radius 1 is 1.62 bits per heavy atom. The third kappa shape index (κ3) is 2.93. The fourth-order valence-electron chi connectivity index (χ4n) is 1.29. The first-order valence-corrected chi connectivity index (χ1v) is 5.57. The third-order valence-electron chi connectivity index (χ3n) is 2.16. The molecule has 5 nitrogen and oxygen atoms in total. The highest BCUT2D eigenvalue weighted by Crippen LogP contribution is 2.30. The van der Waals surface area contributed by atoms with Crippen LogP contribution in [0, 0.1) is 17.0 Å². The number of anilines is 1. The molecule has 1 aromatic rings. The van der Waals surface area contributed by atoms with Crippen LogP contribution in [0.4, 0.5) is 11.4 Å². The molecule has 0 spiro atoms. The highest BCUT2D eigenvalue weighted by molar-refractivity contribution is 9.10. The summed E-state index contributed by atoms with van der Waals surface area (Å²) in [4.78, 5) is 10.3. The predicted molar refractivity (Wildman–Crippen MR) is 65.7 cm³/mol. The van der Waals surface area contributed by atoms with E-state index in [-0.39, 0.29) is 18.3 Å². The first kappa shape index (κ1) is 12.9. The molecular weight excluding hydrogens is 276 g/mol. The Bertz CT molecular complexity index is 409. The molecule has 0 fully saturated rings. The summed E-state index contributed by atoms with van der Waals surface area (Å²) in [6, 6.07) is 3.05. The second kappa shape index (κ2) is 5.27. The van der Waals surface area contributed by atoms with Gasteiger partial charge in [0.1, 0.15) is 0 Å². The smallest absolute Gasteiger partial charge is 0.273 e. The molecule has 0 amide bonds. The molecule has 2 N–H and O–H groups in total. The van der Waals surface area contributed by atoms with Crippen molar-refractivity contribution in [2.24, 2.45) is 0 Å². The van der Waals surface area contributed by atoms with Gasteiger partial charge in [-0.2, -0.15) is 0 Å². The summed E-state index contributed by atoms with van der Waals surface area (Å²) in [7, 11) is 0. The van der Waals surface area contributed by atoms with Crippen LogP contribution in [0.5, 0.6) is 0 Å². The van der Waals surface area contributed by atoms with E-state index in [0.717, 1.165) is 5.69 Å². The van der Waals surface area contributed by atoms with Crippen molar-refractivity contribution in [3.63, 3.8) is 0 Å². The molecule has 1 rings (SSSR count). The van der Waals surface area contributed by atoms with Gasteiger partial charge in [-0.25, -0.2) is 0 Å². The van der Waals surface area contributed by atoms with Crippen LogP contribution in [0.15, 0.2) is 16.6 Å². The molecule has 0 aliphatic heterocycles. The van der Waals surface area contributed by atoms with E-state index in [1.807, 2.05) is 6.92 Å². The van der Waals surface area contributed by atoms with Crippen molar-refractivity contribution in [3.8, 4) is 0 Å². The predicted octanol–water partition coefficient (Wildman–Crippen LogP) is 2.46. The summed E-state index contributed by atoms with van der Waals surface area (Å²) in [6.45, 7) is 3.50. The van der Waals surface area contributed by atoms with Crippen LogP contribution < -0.4 is 5.32 Å². The van der Waals surface area contributed by atoms with Gasteiger partial charge in [0, 0.05) is 27.8 Å². The lowest BCUT2D eigenvalue weighted by Gasteiger charge is -2.14. The molecule has 6 heteroatoms. The molecule has 16 heavy (non-hydrogen) atoms. The molecule has 1 atom stereocenters. The fraction of sp³-hybridized carbons (Fsp3) is 0.400. The van der Waals surface area contributed by atoms with Crippen LogP contribution in [0.1, 0.15) is 12.5 Å². The number of nitro groups is 1. The number of hydrogen-bond acceptors (Lipinski definition) is 4. The normalized spacial score (nSPS) is 12.2. The summed E-state index contributed by atoms with van der Waals surface area (Å²) in [6.07, 6.45) is 0. The lowest BCUT2D eigenvalue weighted by atomic mass is 10.1. The van der Waals surface area contributed by atoms with E-state index < -0.39 is 4.92 Å². The van der Waals surface area contributed by atoms with Crippen LogP contribution >= 0.6 is 15.9 Å². The number of nitrogens with one attached hydrogen (secondary N) is 1. The van der Waals surface area contributed by atoms with E-state index in [0.29, 0.717) is 10.0 Å². The topological polar surface area (TPSA) is 75.4 Å². The molecule has 0 aliphatic carbocycles. The van der Waals surface area contributed by atoms with Crippen molar-refractivity contribution in [3.05, 3.63) is 32.3 Å². The molecule has 0 radical (unpaired) electrons. The van der Waals surface area contributed by atoms with Gasteiger partial charge in [0.05, 0.1) is 11.5 Å². The van der Waals surface area contributed by atoms with Crippen LogP contribution in [0.2, 0.25) is 0 Å². The third-order valence-corrected chi connectivity index (χ3v) is 2.81. The molecule has 0 aromatic heterocycles. The van der Waals surface area contributed by atoms with Crippen LogP contribution in [0.25, 0.3) is 0 Å². The maximum atomic E-state index is 10.7. The molecular formula is C10H13BrN2O3. The van der Waals surface area contributed by atoms with Crippen molar-refractivity contribution >= 4 is 27.3 Å². The zero-order chi connectivity index (χ0) is 12.3. The first-order chi connectivity index (χ1) is 7.45. The molecule has 0 bridgehead atoms. The monoisotopic (exact) mass is 288 g/mol. The Morgan fingerprint density at radius 2 is 2.25 bits per heavy atom. The average Bonchev–Trinajstić information content (AvgIpc) is 2.22. The zero-order valence-electron chi connectivity index (χ0n) is 9.03. The first-order valence-electron chi connectivity index (χ1n) is 4.77. The Balaban J connectivity index is 3.05. The fourth-order valence-corrected chi connectivity index (χ4v) is 1.74. The van der Waals surface area contributed by atoms with Gasteiger partial charge in [-0.3, -0.25) is 10.1 Å². The molecule has 0 saturated heterocycles. The minimum atomic E-state index is -0.417. The molecule has 88 valence electrons. The van der Waals surface area contributed by atoms with Crippen molar-refractivity contribution in [2.45, 2.75) is 19.9 Å². The second-order valence-electron chi connectivity index (χ2n) is 3.60. The molecule has 1 aromatic carbocycles. The minimum Gasteiger partial charge on any atom is -0.394 e. The number of aliphatic hydroxyl groups excluding tert-OH is 1.